The van der Waals surface area contributed by atoms with Crippen LogP contribution in [0, 0.1) is 5.92 Å². The van der Waals surface area contributed by atoms with Crippen molar-refractivity contribution in [3.8, 4) is 0 Å². The Hall–Kier alpha value is -2.60. The van der Waals surface area contributed by atoms with Gasteiger partial charge in [-0.2, -0.15) is 0 Å². The first-order valence-electron chi connectivity index (χ1n) is 11.8. The van der Waals surface area contributed by atoms with Gasteiger partial charge in [-0.25, -0.2) is 5.84 Å². The zero-order valence-corrected chi connectivity index (χ0v) is 20.7. The maximum Gasteiger partial charge on any atom is 0.113 e. The highest BCUT2D eigenvalue weighted by Gasteiger charge is 2.24. The third kappa shape index (κ3) is 6.70. The van der Waals surface area contributed by atoms with Crippen molar-refractivity contribution in [3.63, 3.8) is 0 Å². The largest absolute Gasteiger partial charge is 0.501 e. The van der Waals surface area contributed by atoms with Crippen LogP contribution in [0.25, 0.3) is 0 Å². The summed E-state index contributed by atoms with van der Waals surface area (Å²) < 4.78 is 5.23. The van der Waals surface area contributed by atoms with Crippen LogP contribution in [0.2, 0.25) is 0 Å². The minimum Gasteiger partial charge on any atom is -0.501 e. The lowest BCUT2D eigenvalue weighted by atomic mass is 9.95. The summed E-state index contributed by atoms with van der Waals surface area (Å²) >= 11 is 0. The first-order valence-corrected chi connectivity index (χ1v) is 11.8. The summed E-state index contributed by atoms with van der Waals surface area (Å²) in [6, 6.07) is 0.306. The summed E-state index contributed by atoms with van der Waals surface area (Å²) in [7, 11) is 1.69. The van der Waals surface area contributed by atoms with Crippen molar-refractivity contribution in [1.29, 1.82) is 0 Å². The SMILES string of the molecule is C=C/C(=C\C=C(/C)OC)N1CCN(C2=CC=C(NC(=C)N(N)C(CC)CC)[C@H](C)C2)CC1. The maximum atomic E-state index is 6.28. The van der Waals surface area contributed by atoms with E-state index in [2.05, 4.69) is 67.3 Å². The molecule has 0 unspecified atom stereocenters. The second-order valence-electron chi connectivity index (χ2n) is 8.59. The van der Waals surface area contributed by atoms with Gasteiger partial charge in [-0.15, -0.1) is 0 Å². The number of rotatable bonds is 11. The van der Waals surface area contributed by atoms with Gasteiger partial charge in [0.2, 0.25) is 0 Å². The topological polar surface area (TPSA) is 57.0 Å². The number of piperazine rings is 1. The van der Waals surface area contributed by atoms with Crippen LogP contribution in [0.1, 0.15) is 47.0 Å². The molecule has 2 rings (SSSR count). The molecule has 1 atom stereocenters. The molecule has 3 N–H and O–H groups in total. The summed E-state index contributed by atoms with van der Waals surface area (Å²) in [5.74, 6) is 8.33. The molecule has 0 aromatic carbocycles. The molecule has 0 aromatic heterocycles. The standard InChI is InChI=1S/C26H43N5O/c1-8-23(9-2)31(27)22(6)28-26-14-13-25(19-20(26)4)30-17-15-29(16-18-30)24(10-3)12-11-21(5)32-7/h10-14,20,23,28H,3,6,8-9,15-19,27H2,1-2,4-5,7H3/b21-11+,24-12+/t20-/m1/s1. The van der Waals surface area contributed by atoms with E-state index < -0.39 is 0 Å². The number of nitrogens with two attached hydrogens (primary N) is 1. The zero-order valence-electron chi connectivity index (χ0n) is 20.7. The fourth-order valence-corrected chi connectivity index (χ4v) is 4.20. The van der Waals surface area contributed by atoms with E-state index >= 15 is 0 Å². The third-order valence-electron chi connectivity index (χ3n) is 6.51. The fourth-order valence-electron chi connectivity index (χ4n) is 4.20. The van der Waals surface area contributed by atoms with Gasteiger partial charge in [0.05, 0.1) is 12.9 Å². The molecule has 0 spiro atoms. The molecule has 2 aliphatic rings. The van der Waals surface area contributed by atoms with Crippen LogP contribution >= 0.6 is 0 Å². The van der Waals surface area contributed by atoms with E-state index in [1.807, 2.05) is 19.1 Å². The monoisotopic (exact) mass is 441 g/mol. The Morgan fingerprint density at radius 2 is 1.91 bits per heavy atom. The quantitative estimate of drug-likeness (QED) is 0.214. The molecule has 6 nitrogen and oxygen atoms in total. The highest BCUT2D eigenvalue weighted by Crippen LogP contribution is 2.28. The molecule has 1 saturated heterocycles. The Labute approximate surface area is 195 Å². The Balaban J connectivity index is 1.97. The van der Waals surface area contributed by atoms with E-state index in [-0.39, 0.29) is 0 Å². The van der Waals surface area contributed by atoms with Crippen molar-refractivity contribution in [3.05, 3.63) is 72.2 Å². The normalized spacial score (nSPS) is 20.0. The summed E-state index contributed by atoms with van der Waals surface area (Å²) in [6.45, 7) is 20.6. The Bertz CT molecular complexity index is 767. The fraction of sp³-hybridized carbons (Fsp3) is 0.538. The molecule has 1 heterocycles. The maximum absolute atomic E-state index is 6.28. The van der Waals surface area contributed by atoms with E-state index in [9.17, 15) is 0 Å². The van der Waals surface area contributed by atoms with Crippen LogP contribution < -0.4 is 11.2 Å². The Morgan fingerprint density at radius 1 is 1.25 bits per heavy atom. The molecular formula is C26H43N5O. The van der Waals surface area contributed by atoms with Crippen molar-refractivity contribution in [2.75, 3.05) is 33.3 Å². The lowest BCUT2D eigenvalue weighted by Gasteiger charge is -2.40. The molecule has 32 heavy (non-hydrogen) atoms. The van der Waals surface area contributed by atoms with Gasteiger partial charge in [-0.1, -0.05) is 33.9 Å². The van der Waals surface area contributed by atoms with Crippen LogP contribution in [-0.2, 0) is 4.74 Å². The molecule has 0 saturated carbocycles. The van der Waals surface area contributed by atoms with Gasteiger partial charge in [0.15, 0.2) is 0 Å². The minimum atomic E-state index is 0.306. The van der Waals surface area contributed by atoms with E-state index in [0.29, 0.717) is 12.0 Å². The first kappa shape index (κ1) is 25.7. The van der Waals surface area contributed by atoms with E-state index in [0.717, 1.165) is 62.7 Å². The van der Waals surface area contributed by atoms with E-state index in [1.54, 1.807) is 12.1 Å². The molecule has 0 radical (unpaired) electrons. The molecule has 0 amide bonds. The predicted molar refractivity (Wildman–Crippen MR) is 135 cm³/mol. The molecular weight excluding hydrogens is 398 g/mol. The number of hydrogen-bond acceptors (Lipinski definition) is 6. The average molecular weight is 442 g/mol. The molecule has 1 aliphatic carbocycles. The lowest BCUT2D eigenvalue weighted by molar-refractivity contribution is 0.188. The number of nitrogens with one attached hydrogen (secondary N) is 1. The van der Waals surface area contributed by atoms with Gasteiger partial charge in [0.25, 0.3) is 0 Å². The zero-order chi connectivity index (χ0) is 23.7. The van der Waals surface area contributed by atoms with Gasteiger partial charge >= 0.3 is 0 Å². The molecule has 1 aliphatic heterocycles. The van der Waals surface area contributed by atoms with Crippen LogP contribution in [0.4, 0.5) is 0 Å². The summed E-state index contributed by atoms with van der Waals surface area (Å²) in [4.78, 5) is 4.89. The molecule has 0 bridgehead atoms. The van der Waals surface area contributed by atoms with Gasteiger partial charge in [-0.3, -0.25) is 5.01 Å². The highest BCUT2D eigenvalue weighted by molar-refractivity contribution is 5.28. The van der Waals surface area contributed by atoms with Gasteiger partial charge in [-0.05, 0) is 56.6 Å². The van der Waals surface area contributed by atoms with E-state index in [1.165, 1.54) is 11.4 Å². The number of methoxy groups -OCH3 is 1. The van der Waals surface area contributed by atoms with Crippen LogP contribution in [0.5, 0.6) is 0 Å². The molecule has 0 aromatic rings. The van der Waals surface area contributed by atoms with Gasteiger partial charge < -0.3 is 19.9 Å². The van der Waals surface area contributed by atoms with Gasteiger partial charge in [0.1, 0.15) is 5.82 Å². The van der Waals surface area contributed by atoms with Crippen molar-refractivity contribution < 1.29 is 4.74 Å². The molecule has 6 heteroatoms. The van der Waals surface area contributed by atoms with Crippen molar-refractivity contribution in [1.82, 2.24) is 20.1 Å². The van der Waals surface area contributed by atoms with Crippen molar-refractivity contribution in [2.45, 2.75) is 53.0 Å². The second-order valence-corrected chi connectivity index (χ2v) is 8.59. The van der Waals surface area contributed by atoms with Crippen LogP contribution in [0.3, 0.4) is 0 Å². The summed E-state index contributed by atoms with van der Waals surface area (Å²) in [6.07, 6.45) is 13.5. The Kier molecular flexibility index (Phi) is 9.97. The van der Waals surface area contributed by atoms with Gasteiger partial charge in [0, 0.05) is 55.2 Å². The highest BCUT2D eigenvalue weighted by atomic mass is 16.5. The average Bonchev–Trinajstić information content (AvgIpc) is 2.81. The smallest absolute Gasteiger partial charge is 0.113 e. The Morgan fingerprint density at radius 3 is 2.44 bits per heavy atom. The third-order valence-corrected chi connectivity index (χ3v) is 6.51. The second kappa shape index (κ2) is 12.4. The summed E-state index contributed by atoms with van der Waals surface area (Å²) in [5.41, 5.74) is 3.72. The number of hydrazine groups is 1. The molecule has 1 fully saturated rings. The van der Waals surface area contributed by atoms with Crippen molar-refractivity contribution >= 4 is 0 Å². The van der Waals surface area contributed by atoms with Crippen LogP contribution in [-0.4, -0.2) is 54.1 Å². The van der Waals surface area contributed by atoms with E-state index in [4.69, 9.17) is 10.6 Å². The number of nitrogens with zero attached hydrogens (tertiary/aromatic N) is 3. The van der Waals surface area contributed by atoms with Crippen molar-refractivity contribution in [2.24, 2.45) is 11.8 Å². The summed E-state index contributed by atoms with van der Waals surface area (Å²) in [5, 5.41) is 5.24. The number of allylic oxidation sites excluding steroid dienone is 8. The number of ether oxygens (including phenoxy) is 1. The molecule has 178 valence electrons. The number of hydrogen-bond donors (Lipinski definition) is 2. The first-order chi connectivity index (χ1) is 15.3. The lowest BCUT2D eigenvalue weighted by Crippen LogP contribution is -2.46. The minimum absolute atomic E-state index is 0.306. The predicted octanol–water partition coefficient (Wildman–Crippen LogP) is 4.46. The van der Waals surface area contributed by atoms with Crippen LogP contribution in [0.15, 0.2) is 72.2 Å².